The van der Waals surface area contributed by atoms with Crippen molar-refractivity contribution in [1.29, 1.82) is 0 Å². The third kappa shape index (κ3) is 5.77. The summed E-state index contributed by atoms with van der Waals surface area (Å²) in [5, 5.41) is 2.66. The zero-order valence-electron chi connectivity index (χ0n) is 24.5. The van der Waals surface area contributed by atoms with Crippen molar-refractivity contribution in [3.05, 3.63) is 71.3 Å². The summed E-state index contributed by atoms with van der Waals surface area (Å²) in [6.45, 7) is -2.42. The Morgan fingerprint density at radius 3 is 2.40 bits per heavy atom. The van der Waals surface area contributed by atoms with E-state index in [4.69, 9.17) is 15.2 Å². The molecule has 0 spiro atoms. The van der Waals surface area contributed by atoms with Gasteiger partial charge in [0.15, 0.2) is 11.9 Å². The number of carbonyl (C=O) groups is 6. The quantitative estimate of drug-likeness (QED) is 0.194. The van der Waals surface area contributed by atoms with Crippen molar-refractivity contribution < 1.29 is 51.8 Å². The number of benzene rings is 2. The fourth-order valence-corrected chi connectivity index (χ4v) is 6.20. The number of nitrogens with two attached hydrogens (primary N) is 1. The number of imide groups is 1. The predicted octanol–water partition coefficient (Wildman–Crippen LogP) is 2.49. The molecule has 6 rings (SSSR count). The summed E-state index contributed by atoms with van der Waals surface area (Å²) in [5.74, 6) is -5.75. The van der Waals surface area contributed by atoms with Crippen LogP contribution in [-0.4, -0.2) is 76.8 Å². The minimum Gasteiger partial charge on any atom is -0.449 e. The van der Waals surface area contributed by atoms with Gasteiger partial charge in [-0.15, -0.1) is 0 Å². The van der Waals surface area contributed by atoms with Gasteiger partial charge >= 0.3 is 12.6 Å². The molecule has 4 aromatic rings. The summed E-state index contributed by atoms with van der Waals surface area (Å²) < 4.78 is 44.9. The maximum atomic E-state index is 13.6. The number of nitrogens with zero attached hydrogens (tertiary/aromatic N) is 4. The zero-order valence-corrected chi connectivity index (χ0v) is 25.4. The molecule has 0 bridgehead atoms. The first-order valence-electron chi connectivity index (χ1n) is 14.0. The summed E-state index contributed by atoms with van der Waals surface area (Å²) in [6.07, 6.45) is -3.61. The molecule has 1 saturated heterocycles. The molecule has 1 fully saturated rings. The van der Waals surface area contributed by atoms with E-state index < -0.39 is 60.2 Å². The number of hydrogen-bond donors (Lipinski definition) is 2. The van der Waals surface area contributed by atoms with Crippen molar-refractivity contribution in [1.82, 2.24) is 9.36 Å². The van der Waals surface area contributed by atoms with Gasteiger partial charge in [0.25, 0.3) is 29.5 Å². The van der Waals surface area contributed by atoms with Crippen LogP contribution in [0.25, 0.3) is 10.1 Å². The van der Waals surface area contributed by atoms with Crippen molar-refractivity contribution in [3.63, 3.8) is 0 Å². The highest BCUT2D eigenvalue weighted by molar-refractivity contribution is 7.14. The van der Waals surface area contributed by atoms with Crippen molar-refractivity contribution in [3.8, 4) is 5.88 Å². The highest BCUT2D eigenvalue weighted by Crippen LogP contribution is 2.39. The maximum absolute atomic E-state index is 13.6. The summed E-state index contributed by atoms with van der Waals surface area (Å²) in [7, 11) is 0. The molecule has 2 atom stereocenters. The molecule has 2 aliphatic heterocycles. The number of nitrogens with one attached hydrogen (secondary N) is 1. The number of aromatic nitrogens is 2. The van der Waals surface area contributed by atoms with Crippen molar-refractivity contribution in [2.75, 3.05) is 28.3 Å². The minimum atomic E-state index is -3.17. The second-order valence-corrected chi connectivity index (χ2v) is 11.0. The molecule has 4 heterocycles. The fourth-order valence-electron chi connectivity index (χ4n) is 5.28. The minimum absolute atomic E-state index is 0.0442. The SMILES string of the molecule is CC(=O)O[C@@H](C(=O)Nc1ccc2c(N3C(=O)c4ccccc4C3=O)nsc2c1C(N)=O)[C@H]1OCCN(c2cccc(OC(F)F)n2)C1=O. The van der Waals surface area contributed by atoms with E-state index in [0.29, 0.717) is 0 Å². The molecule has 2 aromatic heterocycles. The maximum Gasteiger partial charge on any atom is 0.388 e. The van der Waals surface area contributed by atoms with Gasteiger partial charge in [0.05, 0.1) is 40.2 Å². The first-order valence-corrected chi connectivity index (χ1v) is 14.8. The van der Waals surface area contributed by atoms with Crippen LogP contribution in [0.4, 0.5) is 26.1 Å². The van der Waals surface area contributed by atoms with Crippen LogP contribution in [-0.2, 0) is 23.9 Å². The lowest BCUT2D eigenvalue weighted by Gasteiger charge is -2.34. The van der Waals surface area contributed by atoms with E-state index in [-0.39, 0.29) is 57.3 Å². The molecule has 48 heavy (non-hydrogen) atoms. The molecule has 0 radical (unpaired) electrons. The normalized spacial score (nSPS) is 16.7. The number of pyridine rings is 1. The van der Waals surface area contributed by atoms with Crippen LogP contribution in [0.3, 0.4) is 0 Å². The number of morpholine rings is 1. The van der Waals surface area contributed by atoms with E-state index in [0.717, 1.165) is 34.3 Å². The first kappa shape index (κ1) is 32.1. The Balaban J connectivity index is 1.30. The van der Waals surface area contributed by atoms with E-state index in [1.165, 1.54) is 36.4 Å². The van der Waals surface area contributed by atoms with E-state index >= 15 is 0 Å². The lowest BCUT2D eigenvalue weighted by atomic mass is 10.1. The largest absolute Gasteiger partial charge is 0.449 e. The number of carbonyl (C=O) groups excluding carboxylic acids is 6. The van der Waals surface area contributed by atoms with Crippen LogP contribution < -0.4 is 25.6 Å². The third-order valence-corrected chi connectivity index (χ3v) is 8.15. The fraction of sp³-hybridized carbons (Fsp3) is 0.200. The number of hydrogen-bond acceptors (Lipinski definition) is 12. The molecule has 3 N–H and O–H groups in total. The Morgan fingerprint density at radius 1 is 1.04 bits per heavy atom. The molecule has 15 nitrogen and oxygen atoms in total. The summed E-state index contributed by atoms with van der Waals surface area (Å²) in [5.41, 5.74) is 5.67. The Bertz CT molecular complexity index is 1990. The number of esters is 1. The van der Waals surface area contributed by atoms with Crippen LogP contribution in [0.2, 0.25) is 0 Å². The number of fused-ring (bicyclic) bond motifs is 2. The van der Waals surface area contributed by atoms with Gasteiger partial charge in [-0.2, -0.15) is 18.1 Å². The van der Waals surface area contributed by atoms with Gasteiger partial charge in [-0.3, -0.25) is 33.7 Å². The molecule has 2 aliphatic rings. The van der Waals surface area contributed by atoms with Gasteiger partial charge in [-0.05, 0) is 41.9 Å². The van der Waals surface area contributed by atoms with Gasteiger partial charge < -0.3 is 25.3 Å². The second kappa shape index (κ2) is 12.7. The summed E-state index contributed by atoms with van der Waals surface area (Å²) in [6, 6.07) is 12.7. The van der Waals surface area contributed by atoms with E-state index in [1.54, 1.807) is 12.1 Å². The van der Waals surface area contributed by atoms with Crippen LogP contribution >= 0.6 is 11.5 Å². The molecule has 2 aromatic carbocycles. The third-order valence-electron chi connectivity index (χ3n) is 7.28. The monoisotopic (exact) mass is 680 g/mol. The average molecular weight is 681 g/mol. The second-order valence-electron chi connectivity index (χ2n) is 10.2. The predicted molar refractivity (Wildman–Crippen MR) is 163 cm³/mol. The molecular weight excluding hydrogens is 658 g/mol. The van der Waals surface area contributed by atoms with Gasteiger partial charge in [0.1, 0.15) is 5.82 Å². The van der Waals surface area contributed by atoms with Crippen molar-refractivity contribution in [2.45, 2.75) is 25.7 Å². The standard InChI is InChI=1S/C30H22F2N6O9S/c1-13(39)46-21(22-29(44)37(11-12-45-22)18-7-4-8-19(35-18)47-30(31)32)26(41)34-17-10-9-16-23(20(17)24(33)40)48-36-25(16)38-27(42)14-5-2-3-6-15(14)28(38)43/h2-10,21-22,30H,11-12H2,1H3,(H2,33,40)(H,34,41)/t21-,22-/m1/s1. The van der Waals surface area contributed by atoms with Crippen LogP contribution in [0.1, 0.15) is 38.0 Å². The van der Waals surface area contributed by atoms with Crippen LogP contribution in [0, 0.1) is 0 Å². The lowest BCUT2D eigenvalue weighted by Crippen LogP contribution is -2.56. The number of halogens is 2. The molecule has 18 heteroatoms. The molecule has 246 valence electrons. The lowest BCUT2D eigenvalue weighted by molar-refractivity contribution is -0.167. The Morgan fingerprint density at radius 2 is 1.75 bits per heavy atom. The van der Waals surface area contributed by atoms with Crippen molar-refractivity contribution in [2.24, 2.45) is 5.73 Å². The molecular formula is C30H22F2N6O9S. The smallest absolute Gasteiger partial charge is 0.388 e. The number of rotatable bonds is 9. The van der Waals surface area contributed by atoms with Crippen molar-refractivity contribution >= 4 is 74.4 Å². The van der Waals surface area contributed by atoms with Gasteiger partial charge in [0.2, 0.25) is 12.0 Å². The molecule has 0 unspecified atom stereocenters. The highest BCUT2D eigenvalue weighted by atomic mass is 32.1. The molecule has 0 saturated carbocycles. The number of alkyl halides is 2. The van der Waals surface area contributed by atoms with E-state index in [1.807, 2.05) is 0 Å². The average Bonchev–Trinajstić information content (AvgIpc) is 3.57. The summed E-state index contributed by atoms with van der Waals surface area (Å²) >= 11 is 0.747. The van der Waals surface area contributed by atoms with Gasteiger partial charge in [-0.1, -0.05) is 18.2 Å². The zero-order chi connectivity index (χ0) is 34.3. The van der Waals surface area contributed by atoms with Gasteiger partial charge in [-0.25, -0.2) is 4.90 Å². The summed E-state index contributed by atoms with van der Waals surface area (Å²) in [4.78, 5) is 83.9. The van der Waals surface area contributed by atoms with E-state index in [9.17, 15) is 37.5 Å². The Kier molecular flexibility index (Phi) is 8.50. The Labute approximate surface area is 272 Å². The number of amides is 5. The number of ether oxygens (including phenoxy) is 3. The number of anilines is 3. The first-order chi connectivity index (χ1) is 23.0. The molecule has 5 amide bonds. The highest BCUT2D eigenvalue weighted by Gasteiger charge is 2.44. The number of primary amides is 1. The van der Waals surface area contributed by atoms with Crippen LogP contribution in [0.15, 0.2) is 54.6 Å². The van der Waals surface area contributed by atoms with Gasteiger partial charge in [0, 0.05) is 18.4 Å². The Hall–Kier alpha value is -5.88. The van der Waals surface area contributed by atoms with Crippen LogP contribution in [0.5, 0.6) is 5.88 Å². The topological polar surface area (TPSA) is 200 Å². The van der Waals surface area contributed by atoms with E-state index in [2.05, 4.69) is 19.4 Å². The molecule has 0 aliphatic carbocycles.